The highest BCUT2D eigenvalue weighted by Gasteiger charge is 2.03. The van der Waals surface area contributed by atoms with Gasteiger partial charge in [-0.15, -0.1) is 4.99 Å². The van der Waals surface area contributed by atoms with E-state index in [0.717, 1.165) is 0 Å². The summed E-state index contributed by atoms with van der Waals surface area (Å²) in [5.41, 5.74) is 0.358. The zero-order valence-electron chi connectivity index (χ0n) is 6.54. The van der Waals surface area contributed by atoms with Crippen LogP contribution >= 0.6 is 0 Å². The Hall–Kier alpha value is -1.93. The Balaban J connectivity index is 2.75. The van der Waals surface area contributed by atoms with Crippen molar-refractivity contribution in [3.05, 3.63) is 30.1 Å². The maximum atomic E-state index is 13.1. The van der Waals surface area contributed by atoms with Crippen LogP contribution in [0.4, 0.5) is 10.2 Å². The van der Waals surface area contributed by atoms with Gasteiger partial charge < -0.3 is 4.98 Å². The van der Waals surface area contributed by atoms with E-state index in [9.17, 15) is 9.18 Å². The molecule has 0 spiro atoms. The highest BCUT2D eigenvalue weighted by molar-refractivity contribution is 5.83. The van der Waals surface area contributed by atoms with Crippen molar-refractivity contribution < 1.29 is 9.18 Å². The number of fused-ring (bicyclic) bond motifs is 1. The quantitative estimate of drug-likeness (QED) is 0.525. The molecule has 0 aliphatic heterocycles. The van der Waals surface area contributed by atoms with Gasteiger partial charge in [-0.2, -0.15) is 0 Å². The second-order valence-corrected chi connectivity index (χ2v) is 2.56. The van der Waals surface area contributed by atoms with Gasteiger partial charge in [0.05, 0.1) is 5.52 Å². The predicted molar refractivity (Wildman–Crippen MR) is 46.0 cm³/mol. The Bertz CT molecular complexity index is 497. The summed E-state index contributed by atoms with van der Waals surface area (Å²) in [6.07, 6.45) is 1.39. The largest absolute Gasteiger partial charge is 0.337 e. The number of nitrogens with zero attached hydrogens (tertiary/aromatic N) is 1. The molecule has 0 saturated carbocycles. The van der Waals surface area contributed by atoms with Gasteiger partial charge in [-0.3, -0.25) is 0 Å². The van der Waals surface area contributed by atoms with Crippen LogP contribution in [0.3, 0.4) is 0 Å². The van der Waals surface area contributed by atoms with Crippen LogP contribution in [0.5, 0.6) is 0 Å². The van der Waals surface area contributed by atoms with Crippen molar-refractivity contribution in [2.45, 2.75) is 0 Å². The minimum atomic E-state index is -0.357. The molecule has 0 bridgehead atoms. The molecule has 1 heterocycles. The fraction of sp³-hybridized carbons (Fsp3) is 0. The summed E-state index contributed by atoms with van der Waals surface area (Å²) in [5.74, 6) is -0.0417. The number of nitrogens with one attached hydrogen (secondary N) is 1. The predicted octanol–water partition coefficient (Wildman–Crippen LogP) is 2.27. The Labute approximate surface area is 72.9 Å². The number of benzene rings is 1. The summed E-state index contributed by atoms with van der Waals surface area (Å²) >= 11 is 0. The van der Waals surface area contributed by atoms with Crippen LogP contribution in [0, 0.1) is 5.82 Å². The molecule has 0 aliphatic rings. The number of carbonyl (C=O) groups excluding carboxylic acids is 1. The highest BCUT2D eigenvalue weighted by Crippen LogP contribution is 2.22. The van der Waals surface area contributed by atoms with Gasteiger partial charge in [0.1, 0.15) is 11.6 Å². The van der Waals surface area contributed by atoms with Gasteiger partial charge in [-0.05, 0) is 12.1 Å². The molecule has 2 aromatic rings. The number of aromatic nitrogens is 1. The van der Waals surface area contributed by atoms with Crippen LogP contribution in [0.2, 0.25) is 0 Å². The van der Waals surface area contributed by atoms with Gasteiger partial charge in [0.2, 0.25) is 6.08 Å². The molecule has 0 unspecified atom stereocenters. The molecular formula is C9H5FN2O. The van der Waals surface area contributed by atoms with Crippen LogP contribution in [0.1, 0.15) is 0 Å². The van der Waals surface area contributed by atoms with Crippen LogP contribution < -0.4 is 0 Å². The third kappa shape index (κ3) is 1.23. The lowest BCUT2D eigenvalue weighted by atomic mass is 10.2. The first-order chi connectivity index (χ1) is 6.31. The van der Waals surface area contributed by atoms with Gasteiger partial charge in [-0.25, -0.2) is 9.18 Å². The van der Waals surface area contributed by atoms with Crippen molar-refractivity contribution >= 4 is 22.8 Å². The van der Waals surface area contributed by atoms with Crippen LogP contribution in [0.25, 0.3) is 10.9 Å². The topological polar surface area (TPSA) is 45.2 Å². The summed E-state index contributed by atoms with van der Waals surface area (Å²) in [6.45, 7) is 0. The van der Waals surface area contributed by atoms with Gasteiger partial charge in [0.15, 0.2) is 0 Å². The number of hydrogen-bond acceptors (Lipinski definition) is 2. The molecule has 0 atom stereocenters. The minimum absolute atomic E-state index is 0.315. The molecular weight excluding hydrogens is 171 g/mol. The standard InChI is InChI=1S/C9H5FN2O/c10-7-3-1-2-6-4-8(11-5-13)12-9(6)7/h1-4,12H. The fourth-order valence-electron chi connectivity index (χ4n) is 1.21. The molecule has 4 heteroatoms. The summed E-state index contributed by atoms with van der Waals surface area (Å²) in [4.78, 5) is 15.9. The monoisotopic (exact) mass is 176 g/mol. The molecule has 64 valence electrons. The molecule has 3 nitrogen and oxygen atoms in total. The lowest BCUT2D eigenvalue weighted by Gasteiger charge is -1.88. The van der Waals surface area contributed by atoms with E-state index in [2.05, 4.69) is 9.98 Å². The van der Waals surface area contributed by atoms with E-state index in [4.69, 9.17) is 0 Å². The van der Waals surface area contributed by atoms with Crippen LogP contribution in [-0.2, 0) is 4.79 Å². The maximum absolute atomic E-state index is 13.1. The van der Waals surface area contributed by atoms with Crippen LogP contribution in [-0.4, -0.2) is 11.1 Å². The summed E-state index contributed by atoms with van der Waals surface area (Å²) in [6, 6.07) is 6.26. The Kier molecular flexibility index (Phi) is 1.69. The zero-order valence-corrected chi connectivity index (χ0v) is 6.54. The van der Waals surface area contributed by atoms with E-state index < -0.39 is 0 Å². The average molecular weight is 176 g/mol. The summed E-state index contributed by atoms with van der Waals surface area (Å²) < 4.78 is 13.1. The van der Waals surface area contributed by atoms with Gasteiger partial charge >= 0.3 is 0 Å². The number of isocyanates is 1. The Morgan fingerprint density at radius 1 is 1.46 bits per heavy atom. The first kappa shape index (κ1) is 7.71. The van der Waals surface area contributed by atoms with E-state index in [1.165, 1.54) is 12.1 Å². The average Bonchev–Trinajstić information content (AvgIpc) is 2.49. The Morgan fingerprint density at radius 3 is 3.00 bits per heavy atom. The molecule has 2 rings (SSSR count). The van der Waals surface area contributed by atoms with Crippen molar-refractivity contribution in [3.63, 3.8) is 0 Å². The summed E-state index contributed by atoms with van der Waals surface area (Å²) in [5, 5.41) is 0.689. The van der Waals surface area contributed by atoms with E-state index in [0.29, 0.717) is 16.7 Å². The first-order valence-electron chi connectivity index (χ1n) is 3.66. The number of hydrogen-bond donors (Lipinski definition) is 1. The first-order valence-corrected chi connectivity index (χ1v) is 3.66. The SMILES string of the molecule is O=C=Nc1cc2cccc(F)c2[nH]1. The molecule has 0 fully saturated rings. The lowest BCUT2D eigenvalue weighted by molar-refractivity contribution is 0.565. The number of H-pyrrole nitrogens is 1. The van der Waals surface area contributed by atoms with Crippen molar-refractivity contribution in [2.75, 3.05) is 0 Å². The fourth-order valence-corrected chi connectivity index (χ4v) is 1.21. The molecule has 13 heavy (non-hydrogen) atoms. The number of para-hydroxylation sites is 1. The lowest BCUT2D eigenvalue weighted by Crippen LogP contribution is -1.74. The van der Waals surface area contributed by atoms with E-state index in [1.54, 1.807) is 18.2 Å². The minimum Gasteiger partial charge on any atom is -0.337 e. The normalized spacial score (nSPS) is 9.92. The van der Waals surface area contributed by atoms with Crippen molar-refractivity contribution in [2.24, 2.45) is 4.99 Å². The molecule has 0 amide bonds. The second-order valence-electron chi connectivity index (χ2n) is 2.56. The van der Waals surface area contributed by atoms with Crippen molar-refractivity contribution in [1.82, 2.24) is 4.98 Å². The number of aromatic amines is 1. The highest BCUT2D eigenvalue weighted by atomic mass is 19.1. The van der Waals surface area contributed by atoms with Gasteiger partial charge in [0.25, 0.3) is 0 Å². The number of halogens is 1. The number of aliphatic imine (C=N–C) groups is 1. The van der Waals surface area contributed by atoms with E-state index in [-0.39, 0.29) is 5.82 Å². The molecule has 1 aromatic carbocycles. The van der Waals surface area contributed by atoms with Gasteiger partial charge in [0, 0.05) is 5.39 Å². The van der Waals surface area contributed by atoms with E-state index in [1.807, 2.05) is 0 Å². The van der Waals surface area contributed by atoms with E-state index >= 15 is 0 Å². The van der Waals surface area contributed by atoms with Gasteiger partial charge in [-0.1, -0.05) is 12.1 Å². The maximum Gasteiger partial charge on any atom is 0.242 e. The third-order valence-electron chi connectivity index (χ3n) is 1.76. The summed E-state index contributed by atoms with van der Waals surface area (Å²) in [7, 11) is 0. The zero-order chi connectivity index (χ0) is 9.26. The second kappa shape index (κ2) is 2.84. The Morgan fingerprint density at radius 2 is 2.31 bits per heavy atom. The number of rotatable bonds is 1. The molecule has 0 aliphatic carbocycles. The van der Waals surface area contributed by atoms with Crippen molar-refractivity contribution in [3.8, 4) is 0 Å². The smallest absolute Gasteiger partial charge is 0.242 e. The molecule has 0 saturated heterocycles. The molecule has 1 aromatic heterocycles. The molecule has 0 radical (unpaired) electrons. The van der Waals surface area contributed by atoms with Crippen molar-refractivity contribution in [1.29, 1.82) is 0 Å². The molecule has 1 N–H and O–H groups in total. The third-order valence-corrected chi connectivity index (χ3v) is 1.76. The van der Waals surface area contributed by atoms with Crippen LogP contribution in [0.15, 0.2) is 29.3 Å².